The predicted molar refractivity (Wildman–Crippen MR) is 118 cm³/mol. The molecule has 4 N–H and O–H groups in total. The lowest BCUT2D eigenvalue weighted by molar-refractivity contribution is -0.195. The van der Waals surface area contributed by atoms with Gasteiger partial charge in [-0.2, -0.15) is 11.2 Å². The van der Waals surface area contributed by atoms with Gasteiger partial charge in [-0.15, -0.1) is 9.32 Å². The topological polar surface area (TPSA) is 138 Å². The van der Waals surface area contributed by atoms with Crippen molar-refractivity contribution in [2.75, 3.05) is 13.1 Å². The van der Waals surface area contributed by atoms with Crippen molar-refractivity contribution in [1.82, 2.24) is 14.7 Å². The number of hydrogen-bond acceptors (Lipinski definition) is 9. The first-order valence-electron chi connectivity index (χ1n) is 11.3. The van der Waals surface area contributed by atoms with E-state index in [0.717, 1.165) is 41.8 Å². The number of nitrogens with zero attached hydrogens (tertiary/aromatic N) is 4. The average Bonchev–Trinajstić information content (AvgIpc) is 3.15. The molecule has 7 atom stereocenters. The Labute approximate surface area is 196 Å². The van der Waals surface area contributed by atoms with Gasteiger partial charge in [0.25, 0.3) is 0 Å². The Morgan fingerprint density at radius 3 is 2.73 bits per heavy atom. The number of piperidine rings is 1. The van der Waals surface area contributed by atoms with Crippen LogP contribution in [0.1, 0.15) is 37.8 Å². The third-order valence-electron chi connectivity index (χ3n) is 7.52. The maximum atomic E-state index is 13.2. The Kier molecular flexibility index (Phi) is 6.07. The number of rotatable bonds is 8. The number of carbonyl (C=O) groups excluding carboxylic acids is 2. The van der Waals surface area contributed by atoms with Gasteiger partial charge in [0, 0.05) is 30.1 Å². The molecule has 1 unspecified atom stereocenters. The molecule has 3 heterocycles. The molecule has 3 saturated heterocycles. The van der Waals surface area contributed by atoms with Crippen molar-refractivity contribution in [3.05, 3.63) is 29.8 Å². The monoisotopic (exact) mass is 472 g/mol. The molecule has 4 aliphatic rings. The van der Waals surface area contributed by atoms with Gasteiger partial charge in [0.15, 0.2) is 0 Å². The highest BCUT2D eigenvalue weighted by Gasteiger charge is 2.56. The van der Waals surface area contributed by atoms with E-state index >= 15 is 0 Å². The van der Waals surface area contributed by atoms with Crippen LogP contribution >= 0.6 is 12.0 Å². The van der Waals surface area contributed by atoms with E-state index in [0.29, 0.717) is 19.0 Å². The lowest BCUT2D eigenvalue weighted by Crippen LogP contribution is -2.57. The minimum absolute atomic E-state index is 0.0662. The van der Waals surface area contributed by atoms with Gasteiger partial charge in [0.2, 0.25) is 11.8 Å². The van der Waals surface area contributed by atoms with Gasteiger partial charge in [-0.3, -0.25) is 14.5 Å². The van der Waals surface area contributed by atoms with Crippen molar-refractivity contribution in [2.24, 2.45) is 17.5 Å². The molecule has 0 aromatic heterocycles. The number of likely N-dealkylation sites (tertiary alicyclic amines) is 3. The highest BCUT2D eigenvalue weighted by molar-refractivity contribution is 7.94. The number of fused-ring (bicyclic) bond motifs is 3. The van der Waals surface area contributed by atoms with Crippen LogP contribution in [-0.2, 0) is 18.9 Å². The maximum Gasteiger partial charge on any atom is 0.242 e. The van der Waals surface area contributed by atoms with Crippen LogP contribution in [0, 0.1) is 17.2 Å². The molecule has 11 heteroatoms. The third-order valence-corrected chi connectivity index (χ3v) is 8.13. The van der Waals surface area contributed by atoms with E-state index in [-0.39, 0.29) is 42.0 Å². The molecule has 5 rings (SSSR count). The lowest BCUT2D eigenvalue weighted by Gasteiger charge is -2.38. The van der Waals surface area contributed by atoms with E-state index in [9.17, 15) is 14.9 Å². The lowest BCUT2D eigenvalue weighted by atomic mass is 10.1. The van der Waals surface area contributed by atoms with Crippen LogP contribution in [0.2, 0.25) is 0 Å². The Morgan fingerprint density at radius 2 is 2.06 bits per heavy atom. The largest absolute Gasteiger partial charge is 0.330 e. The molecular weight excluding hydrogens is 444 g/mol. The Hall–Kier alpha value is -2.20. The Morgan fingerprint density at radius 1 is 1.30 bits per heavy atom. The molecule has 4 fully saturated rings. The van der Waals surface area contributed by atoms with Crippen LogP contribution in [0.15, 0.2) is 29.2 Å². The summed E-state index contributed by atoms with van der Waals surface area (Å²) in [5.41, 5.74) is 7.32. The normalized spacial score (nSPS) is 32.1. The summed E-state index contributed by atoms with van der Waals surface area (Å²) in [6, 6.07) is 8.83. The van der Waals surface area contributed by atoms with Crippen LogP contribution < -0.4 is 11.6 Å². The van der Waals surface area contributed by atoms with Gasteiger partial charge >= 0.3 is 0 Å². The average molecular weight is 473 g/mol. The number of benzene rings is 1. The van der Waals surface area contributed by atoms with E-state index in [1.165, 1.54) is 0 Å². The Balaban J connectivity index is 1.19. The van der Waals surface area contributed by atoms with Gasteiger partial charge < -0.3 is 15.5 Å². The first kappa shape index (κ1) is 22.6. The molecular formula is C22H28N6O4S. The molecule has 1 aromatic rings. The van der Waals surface area contributed by atoms with Crippen LogP contribution in [0.4, 0.5) is 0 Å². The van der Waals surface area contributed by atoms with Crippen molar-refractivity contribution in [3.8, 4) is 6.07 Å². The van der Waals surface area contributed by atoms with Crippen molar-refractivity contribution >= 4 is 23.9 Å². The van der Waals surface area contributed by atoms with E-state index < -0.39 is 6.04 Å². The van der Waals surface area contributed by atoms with E-state index in [1.807, 2.05) is 41.0 Å². The van der Waals surface area contributed by atoms with Crippen molar-refractivity contribution in [2.45, 2.75) is 67.3 Å². The first-order valence-corrected chi connectivity index (χ1v) is 12.0. The summed E-state index contributed by atoms with van der Waals surface area (Å²) < 4.78 is 4.66. The fourth-order valence-electron chi connectivity index (χ4n) is 5.83. The summed E-state index contributed by atoms with van der Waals surface area (Å²) in [6.45, 7) is 3.07. The third kappa shape index (κ3) is 4.01. The fourth-order valence-corrected chi connectivity index (χ4v) is 6.20. The van der Waals surface area contributed by atoms with Gasteiger partial charge in [0.1, 0.15) is 6.04 Å². The molecule has 2 bridgehead atoms. The number of nitriles is 1. The molecule has 1 aliphatic carbocycles. The Bertz CT molecular complexity index is 971. The summed E-state index contributed by atoms with van der Waals surface area (Å²) in [5.74, 6) is 5.24. The van der Waals surface area contributed by atoms with Crippen molar-refractivity contribution < 1.29 is 18.9 Å². The van der Waals surface area contributed by atoms with Crippen molar-refractivity contribution in [1.29, 1.82) is 5.26 Å². The number of nitrogens with two attached hydrogens (primary N) is 2. The second-order valence-electron chi connectivity index (χ2n) is 9.39. The summed E-state index contributed by atoms with van der Waals surface area (Å²) in [5, 5.41) is 9.38. The van der Waals surface area contributed by atoms with E-state index in [4.69, 9.17) is 11.6 Å². The summed E-state index contributed by atoms with van der Waals surface area (Å²) in [6.07, 6.45) is 2.48. The summed E-state index contributed by atoms with van der Waals surface area (Å²) >= 11 is 1.01. The smallest absolute Gasteiger partial charge is 0.242 e. The van der Waals surface area contributed by atoms with Crippen molar-refractivity contribution in [3.63, 3.8) is 0 Å². The highest BCUT2D eigenvalue weighted by atomic mass is 32.2. The maximum absolute atomic E-state index is 13.2. The molecule has 0 spiro atoms. The minimum Gasteiger partial charge on any atom is -0.330 e. The molecule has 2 amide bonds. The molecule has 1 saturated carbocycles. The number of carbonyl (C=O) groups is 2. The highest BCUT2D eigenvalue weighted by Crippen LogP contribution is 2.48. The number of amides is 2. The molecule has 33 heavy (non-hydrogen) atoms. The van der Waals surface area contributed by atoms with Gasteiger partial charge in [-0.05, 0) is 49.8 Å². The number of hydrogen-bond donors (Lipinski definition) is 2. The van der Waals surface area contributed by atoms with E-state index in [2.05, 4.69) is 15.4 Å². The van der Waals surface area contributed by atoms with Crippen LogP contribution in [0.25, 0.3) is 0 Å². The van der Waals surface area contributed by atoms with Gasteiger partial charge in [-0.25, -0.2) is 0 Å². The second kappa shape index (κ2) is 8.87. The van der Waals surface area contributed by atoms with Gasteiger partial charge in [-0.1, -0.05) is 12.1 Å². The molecule has 176 valence electrons. The van der Waals surface area contributed by atoms with E-state index in [1.54, 1.807) is 4.90 Å². The SMILES string of the molecule is C[C@@H](c1ccc(SOON)cc1)N1C(=O)[C@H]2C[C@@H]1CN2C[C@H](N)C(=O)N1C2C[C@H]2C[C@H]1C#N. The zero-order valence-corrected chi connectivity index (χ0v) is 19.2. The molecule has 3 aliphatic heterocycles. The quantitative estimate of drug-likeness (QED) is 0.318. The second-order valence-corrected chi connectivity index (χ2v) is 10.2. The molecule has 1 aromatic carbocycles. The van der Waals surface area contributed by atoms with Crippen LogP contribution in [0.5, 0.6) is 0 Å². The minimum atomic E-state index is -0.719. The van der Waals surface area contributed by atoms with Crippen LogP contribution in [0.3, 0.4) is 0 Å². The standard InChI is InChI=1S/C22H28N6O4S/c1-12(13-2-4-17(5-3-13)33-32-31-25)27-16-8-20(22(27)30)26(10-16)11-18(24)21(29)28-15(9-23)6-14-7-19(14)28/h2-5,12,14-16,18-20H,6-8,10-11,24-25H2,1H3/t12-,14+,15-,16+,18-,19?,20+/m0/s1. The molecule has 0 radical (unpaired) electrons. The first-order chi connectivity index (χ1) is 15.9. The zero-order valence-electron chi connectivity index (χ0n) is 18.4. The number of piperazine rings is 1. The summed E-state index contributed by atoms with van der Waals surface area (Å²) in [7, 11) is 0. The predicted octanol–water partition coefficient (Wildman–Crippen LogP) is 0.702. The van der Waals surface area contributed by atoms with Gasteiger partial charge in [0.05, 0.1) is 36.2 Å². The fraction of sp³-hybridized carbons (Fsp3) is 0.591. The van der Waals surface area contributed by atoms with Crippen LogP contribution in [-0.4, -0.2) is 69.8 Å². The zero-order chi connectivity index (χ0) is 23.3. The molecule has 10 nitrogen and oxygen atoms in total. The summed E-state index contributed by atoms with van der Waals surface area (Å²) in [4.78, 5) is 36.8.